The third-order valence-corrected chi connectivity index (χ3v) is 11.3. The summed E-state index contributed by atoms with van der Waals surface area (Å²) in [5, 5.41) is 12.7. The molecule has 1 amide bonds. The van der Waals surface area contributed by atoms with Gasteiger partial charge in [-0.2, -0.15) is 0 Å². The Hall–Kier alpha value is -1.77. The summed E-state index contributed by atoms with van der Waals surface area (Å²) in [6.45, 7) is 3.54. The fourth-order valence-corrected chi connectivity index (χ4v) is 7.40. The van der Waals surface area contributed by atoms with E-state index in [4.69, 9.17) is 13.8 Å². The first-order valence-electron chi connectivity index (χ1n) is 24.0. The molecule has 0 rings (SSSR count). The van der Waals surface area contributed by atoms with Gasteiger partial charge in [-0.05, 0) is 70.6 Å². The highest BCUT2D eigenvalue weighted by atomic mass is 31.2. The quantitative estimate of drug-likeness (QED) is 0.0239. The Morgan fingerprint density at radius 2 is 0.931 bits per heavy atom. The molecule has 0 aliphatic heterocycles. The SMILES string of the molecule is CCCCCC/C=C\C/C=C\CCCCCCCC(=O)OCC(O)COP(=O)(O)OCCNC(=O)CCCCCCCCCCCCC/C=C/CCCCCCCC. The van der Waals surface area contributed by atoms with Crippen molar-refractivity contribution in [3.63, 3.8) is 0 Å². The molecular formula is C48H90NO8P. The zero-order valence-corrected chi connectivity index (χ0v) is 38.4. The molecule has 0 aromatic heterocycles. The van der Waals surface area contributed by atoms with Crippen LogP contribution in [0.2, 0.25) is 0 Å². The lowest BCUT2D eigenvalue weighted by molar-refractivity contribution is -0.147. The van der Waals surface area contributed by atoms with Crippen molar-refractivity contribution in [1.29, 1.82) is 0 Å². The lowest BCUT2D eigenvalue weighted by atomic mass is 10.0. The predicted molar refractivity (Wildman–Crippen MR) is 243 cm³/mol. The fraction of sp³-hybridized carbons (Fsp3) is 0.833. The Morgan fingerprint density at radius 3 is 1.41 bits per heavy atom. The van der Waals surface area contributed by atoms with Crippen LogP contribution in [-0.4, -0.2) is 54.3 Å². The van der Waals surface area contributed by atoms with E-state index in [1.807, 2.05) is 0 Å². The molecule has 2 unspecified atom stereocenters. The summed E-state index contributed by atoms with van der Waals surface area (Å²) in [7, 11) is -4.42. The van der Waals surface area contributed by atoms with Gasteiger partial charge in [-0.3, -0.25) is 18.6 Å². The lowest BCUT2D eigenvalue weighted by Gasteiger charge is -2.15. The molecule has 0 radical (unpaired) electrons. The van der Waals surface area contributed by atoms with Gasteiger partial charge in [0.1, 0.15) is 12.7 Å². The second kappa shape index (κ2) is 44.8. The standard InChI is InChI=1S/C48H90NO8P/c1-3-5-7-9-11-13-15-17-19-21-22-23-24-25-26-28-30-32-34-36-38-40-47(51)49-42-43-56-58(53,54)57-45-46(50)44-55-48(52)41-39-37-35-33-31-29-27-20-18-16-14-12-10-8-6-4-2/h14,16-17,19-20,27,46,50H,3-13,15,18,21-26,28-45H2,1-2H3,(H,49,51)(H,53,54)/b16-14-,19-17+,27-20-. The van der Waals surface area contributed by atoms with Crippen LogP contribution in [-0.2, 0) is 27.9 Å². The topological polar surface area (TPSA) is 131 Å². The van der Waals surface area contributed by atoms with Crippen LogP contribution < -0.4 is 5.32 Å². The lowest BCUT2D eigenvalue weighted by Crippen LogP contribution is -2.27. The highest BCUT2D eigenvalue weighted by Crippen LogP contribution is 2.42. The third-order valence-electron chi connectivity index (χ3n) is 10.3. The van der Waals surface area contributed by atoms with Gasteiger partial charge in [-0.15, -0.1) is 0 Å². The molecule has 10 heteroatoms. The van der Waals surface area contributed by atoms with Gasteiger partial charge in [0, 0.05) is 19.4 Å². The van der Waals surface area contributed by atoms with Gasteiger partial charge >= 0.3 is 13.8 Å². The summed E-state index contributed by atoms with van der Waals surface area (Å²) in [4.78, 5) is 34.0. The van der Waals surface area contributed by atoms with Crippen molar-refractivity contribution in [2.75, 3.05) is 26.4 Å². The number of aliphatic hydroxyl groups excluding tert-OH is 1. The van der Waals surface area contributed by atoms with Crippen molar-refractivity contribution < 1.29 is 37.9 Å². The number of carbonyl (C=O) groups excluding carboxylic acids is 2. The first-order chi connectivity index (χ1) is 28.3. The molecule has 58 heavy (non-hydrogen) atoms. The summed E-state index contributed by atoms with van der Waals surface area (Å²) in [6, 6.07) is 0. The number of hydrogen-bond donors (Lipinski definition) is 3. The molecule has 0 aliphatic carbocycles. The largest absolute Gasteiger partial charge is 0.472 e. The molecule has 0 spiro atoms. The minimum Gasteiger partial charge on any atom is -0.463 e. The van der Waals surface area contributed by atoms with Gasteiger partial charge in [-0.1, -0.05) is 179 Å². The van der Waals surface area contributed by atoms with Crippen LogP contribution in [0.15, 0.2) is 36.5 Å². The molecule has 0 heterocycles. The van der Waals surface area contributed by atoms with E-state index in [2.05, 4.69) is 55.6 Å². The maximum Gasteiger partial charge on any atom is 0.472 e. The van der Waals surface area contributed by atoms with E-state index >= 15 is 0 Å². The number of phosphoric ester groups is 1. The summed E-state index contributed by atoms with van der Waals surface area (Å²) < 4.78 is 26.9. The number of hydrogen-bond acceptors (Lipinski definition) is 7. The molecule has 0 saturated carbocycles. The molecule has 9 nitrogen and oxygen atoms in total. The highest BCUT2D eigenvalue weighted by Gasteiger charge is 2.23. The van der Waals surface area contributed by atoms with Crippen molar-refractivity contribution >= 4 is 19.7 Å². The van der Waals surface area contributed by atoms with E-state index in [9.17, 15) is 24.2 Å². The van der Waals surface area contributed by atoms with E-state index in [0.29, 0.717) is 6.42 Å². The molecule has 3 N–H and O–H groups in total. The number of nitrogens with one attached hydrogen (secondary N) is 1. The van der Waals surface area contributed by atoms with Gasteiger partial charge in [0.15, 0.2) is 0 Å². The molecule has 0 saturated heterocycles. The smallest absolute Gasteiger partial charge is 0.463 e. The van der Waals surface area contributed by atoms with E-state index in [1.165, 1.54) is 135 Å². The first-order valence-corrected chi connectivity index (χ1v) is 25.5. The van der Waals surface area contributed by atoms with Crippen molar-refractivity contribution in [2.45, 2.75) is 232 Å². The molecule has 0 aromatic rings. The van der Waals surface area contributed by atoms with Crippen molar-refractivity contribution in [2.24, 2.45) is 0 Å². The first kappa shape index (κ1) is 56.2. The Morgan fingerprint density at radius 1 is 0.534 bits per heavy atom. The van der Waals surface area contributed by atoms with Gasteiger partial charge in [-0.25, -0.2) is 4.57 Å². The second-order valence-electron chi connectivity index (χ2n) is 16.1. The van der Waals surface area contributed by atoms with Gasteiger partial charge < -0.3 is 20.1 Å². The summed E-state index contributed by atoms with van der Waals surface area (Å²) in [5.41, 5.74) is 0. The number of allylic oxidation sites excluding steroid dienone is 6. The van der Waals surface area contributed by atoms with Crippen LogP contribution >= 0.6 is 7.82 Å². The summed E-state index contributed by atoms with van der Waals surface area (Å²) in [6.07, 6.45) is 50.8. The van der Waals surface area contributed by atoms with E-state index in [-0.39, 0.29) is 32.1 Å². The Labute approximate surface area is 356 Å². The Balaban J connectivity index is 3.57. The average molecular weight is 840 g/mol. The minimum atomic E-state index is -4.42. The Bertz CT molecular complexity index is 1050. The predicted octanol–water partition coefficient (Wildman–Crippen LogP) is 13.7. The maximum atomic E-state index is 12.1. The maximum absolute atomic E-state index is 12.1. The summed E-state index contributed by atoms with van der Waals surface area (Å²) in [5.74, 6) is -0.526. The number of rotatable bonds is 45. The highest BCUT2D eigenvalue weighted by molar-refractivity contribution is 7.47. The fourth-order valence-electron chi connectivity index (χ4n) is 6.64. The van der Waals surface area contributed by atoms with Crippen LogP contribution in [0.1, 0.15) is 226 Å². The molecule has 0 bridgehead atoms. The van der Waals surface area contributed by atoms with Crippen LogP contribution in [0.3, 0.4) is 0 Å². The number of unbranched alkanes of at least 4 members (excludes halogenated alkanes) is 26. The zero-order chi connectivity index (χ0) is 42.5. The molecular weight excluding hydrogens is 750 g/mol. The number of amides is 1. The van der Waals surface area contributed by atoms with E-state index < -0.39 is 26.5 Å². The number of carbonyl (C=O) groups is 2. The van der Waals surface area contributed by atoms with Crippen LogP contribution in [0.5, 0.6) is 0 Å². The van der Waals surface area contributed by atoms with Crippen LogP contribution in [0.25, 0.3) is 0 Å². The molecule has 2 atom stereocenters. The zero-order valence-electron chi connectivity index (χ0n) is 37.5. The summed E-state index contributed by atoms with van der Waals surface area (Å²) >= 11 is 0. The van der Waals surface area contributed by atoms with Gasteiger partial charge in [0.2, 0.25) is 5.91 Å². The van der Waals surface area contributed by atoms with Gasteiger partial charge in [0.25, 0.3) is 0 Å². The van der Waals surface area contributed by atoms with Crippen molar-refractivity contribution in [3.8, 4) is 0 Å². The van der Waals surface area contributed by atoms with Gasteiger partial charge in [0.05, 0.1) is 13.2 Å². The number of aliphatic hydroxyl groups is 1. The molecule has 0 aliphatic rings. The van der Waals surface area contributed by atoms with Crippen LogP contribution in [0.4, 0.5) is 0 Å². The molecule has 0 aromatic carbocycles. The third kappa shape index (κ3) is 45.3. The number of ether oxygens (including phenoxy) is 1. The normalized spacial score (nSPS) is 13.5. The van der Waals surface area contributed by atoms with Crippen molar-refractivity contribution in [3.05, 3.63) is 36.5 Å². The minimum absolute atomic E-state index is 0.0804. The molecule has 0 fully saturated rings. The molecule has 340 valence electrons. The number of esters is 1. The number of phosphoric acid groups is 1. The average Bonchev–Trinajstić information content (AvgIpc) is 3.21. The van der Waals surface area contributed by atoms with E-state index in [0.717, 1.165) is 64.2 Å². The van der Waals surface area contributed by atoms with Crippen LogP contribution in [0, 0.1) is 0 Å². The monoisotopic (exact) mass is 840 g/mol. The second-order valence-corrected chi connectivity index (χ2v) is 17.5. The Kier molecular flexibility index (Phi) is 43.4. The van der Waals surface area contributed by atoms with Crippen molar-refractivity contribution in [1.82, 2.24) is 5.32 Å². The van der Waals surface area contributed by atoms with E-state index in [1.54, 1.807) is 0 Å².